The zero-order chi connectivity index (χ0) is 18.1. The van der Waals surface area contributed by atoms with Crippen LogP contribution in [0.3, 0.4) is 0 Å². The van der Waals surface area contributed by atoms with Crippen LogP contribution in [0, 0.1) is 0 Å². The quantitative estimate of drug-likeness (QED) is 0.461. The number of carbonyl (C=O) groups is 1. The smallest absolute Gasteiger partial charge is 0.265 e. The predicted molar refractivity (Wildman–Crippen MR) is 109 cm³/mol. The molecular weight excluding hydrogens is 388 g/mol. The average Bonchev–Trinajstić information content (AvgIpc) is 3.28. The molecule has 0 aliphatic heterocycles. The zero-order valence-corrected chi connectivity index (χ0v) is 16.0. The molecule has 0 saturated heterocycles. The van der Waals surface area contributed by atoms with Gasteiger partial charge in [-0.15, -0.1) is 22.7 Å². The maximum atomic E-state index is 12.6. The summed E-state index contributed by atoms with van der Waals surface area (Å²) in [6, 6.07) is 16.8. The summed E-state index contributed by atoms with van der Waals surface area (Å²) in [7, 11) is 1.55. The first-order valence-electron chi connectivity index (χ1n) is 7.75. The Hall–Kier alpha value is -2.41. The summed E-state index contributed by atoms with van der Waals surface area (Å²) in [5.74, 6) is 0.355. The van der Waals surface area contributed by atoms with Crippen LogP contribution in [0.2, 0.25) is 5.02 Å². The van der Waals surface area contributed by atoms with Crippen LogP contribution in [0.1, 0.15) is 9.67 Å². The van der Waals surface area contributed by atoms with Crippen LogP contribution < -0.4 is 10.1 Å². The van der Waals surface area contributed by atoms with E-state index in [1.807, 2.05) is 30.3 Å². The number of hydrogen-bond donors (Lipinski definition) is 1. The van der Waals surface area contributed by atoms with Crippen LogP contribution in [-0.2, 0) is 0 Å². The zero-order valence-electron chi connectivity index (χ0n) is 13.7. The highest BCUT2D eigenvalue weighted by Gasteiger charge is 2.15. The number of benzene rings is 2. The molecule has 0 aliphatic carbocycles. The number of thiazole rings is 1. The number of carbonyl (C=O) groups excluding carboxylic acids is 1. The Labute approximate surface area is 163 Å². The van der Waals surface area contributed by atoms with Crippen molar-refractivity contribution >= 4 is 56.1 Å². The molecule has 0 unspecified atom stereocenters. The fourth-order valence-electron chi connectivity index (χ4n) is 2.51. The molecule has 4 rings (SSSR count). The Bertz CT molecular complexity index is 1070. The Balaban J connectivity index is 1.59. The summed E-state index contributed by atoms with van der Waals surface area (Å²) in [5.41, 5.74) is 1.51. The monoisotopic (exact) mass is 400 g/mol. The van der Waals surface area contributed by atoms with Gasteiger partial charge < -0.3 is 10.1 Å². The van der Waals surface area contributed by atoms with Crippen LogP contribution >= 0.6 is 34.3 Å². The van der Waals surface area contributed by atoms with Crippen molar-refractivity contribution in [2.24, 2.45) is 0 Å². The first kappa shape index (κ1) is 17.0. The molecule has 26 heavy (non-hydrogen) atoms. The van der Waals surface area contributed by atoms with E-state index in [4.69, 9.17) is 16.3 Å². The largest absolute Gasteiger partial charge is 0.495 e. The Kier molecular flexibility index (Phi) is 4.63. The van der Waals surface area contributed by atoms with Crippen molar-refractivity contribution in [2.75, 3.05) is 12.4 Å². The van der Waals surface area contributed by atoms with Gasteiger partial charge in [0, 0.05) is 5.02 Å². The van der Waals surface area contributed by atoms with Gasteiger partial charge in [0.25, 0.3) is 5.91 Å². The van der Waals surface area contributed by atoms with Gasteiger partial charge >= 0.3 is 0 Å². The standard InChI is InChI=1S/C19H13ClN2O2S2/c1-24-14-7-6-11(20)10-13(14)21-18(23)16-8-9-17(25-16)19-22-12-4-2-3-5-15(12)26-19/h2-10H,1H3,(H,21,23). The number of nitrogens with zero attached hydrogens (tertiary/aromatic N) is 1. The molecule has 2 heterocycles. The van der Waals surface area contributed by atoms with Gasteiger partial charge in [-0.1, -0.05) is 23.7 Å². The number of thiophene rings is 1. The molecule has 2 aromatic heterocycles. The summed E-state index contributed by atoms with van der Waals surface area (Å²) in [6.07, 6.45) is 0. The lowest BCUT2D eigenvalue weighted by atomic mass is 10.3. The lowest BCUT2D eigenvalue weighted by Gasteiger charge is -2.09. The molecule has 0 saturated carbocycles. The molecule has 0 radical (unpaired) electrons. The van der Waals surface area contributed by atoms with Crippen molar-refractivity contribution in [3.8, 4) is 15.6 Å². The SMILES string of the molecule is COc1ccc(Cl)cc1NC(=O)c1ccc(-c2nc3ccccc3s2)s1. The number of para-hydroxylation sites is 1. The first-order chi connectivity index (χ1) is 12.6. The minimum absolute atomic E-state index is 0.206. The Morgan fingerprint density at radius 1 is 1.12 bits per heavy atom. The van der Waals surface area contributed by atoms with Crippen LogP contribution in [0.4, 0.5) is 5.69 Å². The number of aromatic nitrogens is 1. The van der Waals surface area contributed by atoms with Gasteiger partial charge in [-0.2, -0.15) is 0 Å². The molecule has 2 aromatic carbocycles. The minimum atomic E-state index is -0.206. The summed E-state index contributed by atoms with van der Waals surface area (Å²) >= 11 is 9.04. The second-order valence-electron chi connectivity index (χ2n) is 5.45. The highest BCUT2D eigenvalue weighted by molar-refractivity contribution is 7.26. The number of hydrogen-bond acceptors (Lipinski definition) is 5. The number of methoxy groups -OCH3 is 1. The number of nitrogens with one attached hydrogen (secondary N) is 1. The van der Waals surface area contributed by atoms with Gasteiger partial charge in [-0.05, 0) is 42.5 Å². The molecular formula is C19H13ClN2O2S2. The molecule has 7 heteroatoms. The highest BCUT2D eigenvalue weighted by Crippen LogP contribution is 2.35. The summed E-state index contributed by atoms with van der Waals surface area (Å²) in [5, 5.41) is 4.30. The van der Waals surface area contributed by atoms with E-state index in [9.17, 15) is 4.79 Å². The molecule has 0 aliphatic rings. The van der Waals surface area contributed by atoms with E-state index in [0.717, 1.165) is 20.1 Å². The third-order valence-corrected chi connectivity index (χ3v) is 6.27. The second-order valence-corrected chi connectivity index (χ2v) is 8.00. The van der Waals surface area contributed by atoms with E-state index in [1.165, 1.54) is 11.3 Å². The van der Waals surface area contributed by atoms with E-state index < -0.39 is 0 Å². The lowest BCUT2D eigenvalue weighted by Crippen LogP contribution is -2.11. The van der Waals surface area contributed by atoms with Gasteiger partial charge in [-0.3, -0.25) is 4.79 Å². The van der Waals surface area contributed by atoms with E-state index in [1.54, 1.807) is 42.7 Å². The maximum absolute atomic E-state index is 12.6. The number of fused-ring (bicyclic) bond motifs is 1. The summed E-state index contributed by atoms with van der Waals surface area (Å²) in [6.45, 7) is 0. The summed E-state index contributed by atoms with van der Waals surface area (Å²) < 4.78 is 6.40. The van der Waals surface area contributed by atoms with Gasteiger partial charge in [-0.25, -0.2) is 4.98 Å². The molecule has 1 N–H and O–H groups in total. The molecule has 0 fully saturated rings. The molecule has 0 spiro atoms. The third kappa shape index (κ3) is 3.31. The number of rotatable bonds is 4. The van der Waals surface area contributed by atoms with Crippen LogP contribution in [-0.4, -0.2) is 18.0 Å². The van der Waals surface area contributed by atoms with E-state index in [0.29, 0.717) is 21.3 Å². The number of anilines is 1. The Morgan fingerprint density at radius 3 is 2.77 bits per heavy atom. The van der Waals surface area contributed by atoms with E-state index in [-0.39, 0.29) is 5.91 Å². The van der Waals surface area contributed by atoms with E-state index in [2.05, 4.69) is 10.3 Å². The van der Waals surface area contributed by atoms with Gasteiger partial charge in [0.05, 0.1) is 32.8 Å². The number of amides is 1. The number of ether oxygens (including phenoxy) is 1. The fraction of sp³-hybridized carbons (Fsp3) is 0.0526. The third-order valence-electron chi connectivity index (χ3n) is 3.74. The molecule has 4 aromatic rings. The van der Waals surface area contributed by atoms with Crippen LogP contribution in [0.15, 0.2) is 54.6 Å². The molecule has 130 valence electrons. The minimum Gasteiger partial charge on any atom is -0.495 e. The molecule has 4 nitrogen and oxygen atoms in total. The first-order valence-corrected chi connectivity index (χ1v) is 9.76. The van der Waals surface area contributed by atoms with E-state index >= 15 is 0 Å². The van der Waals surface area contributed by atoms with Gasteiger partial charge in [0.15, 0.2) is 0 Å². The Morgan fingerprint density at radius 2 is 1.96 bits per heavy atom. The van der Waals surface area contributed by atoms with Crippen LogP contribution in [0.25, 0.3) is 20.1 Å². The predicted octanol–water partition coefficient (Wildman–Crippen LogP) is 5.94. The van der Waals surface area contributed by atoms with Crippen molar-refractivity contribution in [1.82, 2.24) is 4.98 Å². The normalized spacial score (nSPS) is 10.8. The lowest BCUT2D eigenvalue weighted by molar-refractivity contribution is 0.103. The highest BCUT2D eigenvalue weighted by atomic mass is 35.5. The van der Waals surface area contributed by atoms with Gasteiger partial charge in [0.1, 0.15) is 10.8 Å². The average molecular weight is 401 g/mol. The van der Waals surface area contributed by atoms with Crippen molar-refractivity contribution in [3.05, 3.63) is 64.5 Å². The molecule has 1 amide bonds. The topological polar surface area (TPSA) is 51.2 Å². The second kappa shape index (κ2) is 7.07. The van der Waals surface area contributed by atoms with Crippen molar-refractivity contribution in [2.45, 2.75) is 0 Å². The van der Waals surface area contributed by atoms with Gasteiger partial charge in [0.2, 0.25) is 0 Å². The molecule has 0 atom stereocenters. The maximum Gasteiger partial charge on any atom is 0.265 e. The fourth-order valence-corrected chi connectivity index (χ4v) is 4.61. The number of halogens is 1. The van der Waals surface area contributed by atoms with Crippen LogP contribution in [0.5, 0.6) is 5.75 Å². The van der Waals surface area contributed by atoms with Crippen molar-refractivity contribution in [1.29, 1.82) is 0 Å². The van der Waals surface area contributed by atoms with Crippen molar-refractivity contribution < 1.29 is 9.53 Å². The summed E-state index contributed by atoms with van der Waals surface area (Å²) in [4.78, 5) is 18.8. The van der Waals surface area contributed by atoms with Crippen molar-refractivity contribution in [3.63, 3.8) is 0 Å². The molecule has 0 bridgehead atoms.